The number of halogens is 1. The van der Waals surface area contributed by atoms with E-state index in [1.807, 2.05) is 0 Å². The Bertz CT molecular complexity index is 374. The second-order valence-corrected chi connectivity index (χ2v) is 4.74. The Labute approximate surface area is 103 Å². The van der Waals surface area contributed by atoms with Gasteiger partial charge in [0.15, 0.2) is 0 Å². The van der Waals surface area contributed by atoms with Gasteiger partial charge in [0.1, 0.15) is 5.82 Å². The number of aromatic nitrogens is 2. The van der Waals surface area contributed by atoms with E-state index in [9.17, 15) is 5.11 Å². The largest absolute Gasteiger partial charge is 0.391 e. The zero-order chi connectivity index (χ0) is 11.5. The molecule has 1 saturated carbocycles. The van der Waals surface area contributed by atoms with Gasteiger partial charge in [-0.15, -0.1) is 0 Å². The van der Waals surface area contributed by atoms with Crippen molar-refractivity contribution in [1.29, 1.82) is 0 Å². The van der Waals surface area contributed by atoms with Crippen molar-refractivity contribution < 1.29 is 5.11 Å². The lowest BCUT2D eigenvalue weighted by molar-refractivity contribution is 0.171. The van der Waals surface area contributed by atoms with Crippen molar-refractivity contribution in [2.24, 2.45) is 0 Å². The van der Waals surface area contributed by atoms with Gasteiger partial charge >= 0.3 is 0 Å². The summed E-state index contributed by atoms with van der Waals surface area (Å²) in [6, 6.07) is 0.0749. The van der Waals surface area contributed by atoms with Crippen molar-refractivity contribution in [3.05, 3.63) is 10.7 Å². The summed E-state index contributed by atoms with van der Waals surface area (Å²) in [6.07, 6.45) is 4.28. The normalized spacial score (nSPS) is 24.4. The van der Waals surface area contributed by atoms with Crippen LogP contribution in [0.4, 0.5) is 11.8 Å². The third-order valence-corrected chi connectivity index (χ3v) is 3.36. The van der Waals surface area contributed by atoms with Crippen molar-refractivity contribution in [3.8, 4) is 0 Å². The van der Waals surface area contributed by atoms with Gasteiger partial charge in [-0.2, -0.15) is 4.98 Å². The molecule has 0 unspecified atom stereocenters. The Morgan fingerprint density at radius 3 is 2.94 bits per heavy atom. The summed E-state index contributed by atoms with van der Waals surface area (Å²) in [6.45, 7) is 0. The quantitative estimate of drug-likeness (QED) is 0.788. The molecule has 3 N–H and O–H groups in total. The average molecular weight is 287 g/mol. The first-order valence-corrected chi connectivity index (χ1v) is 6.15. The molecule has 1 heterocycles. The molecule has 0 aliphatic heterocycles. The lowest BCUT2D eigenvalue weighted by Crippen LogP contribution is -2.28. The summed E-state index contributed by atoms with van der Waals surface area (Å²) in [5.74, 6) is 1.29. The molecule has 5 nitrogen and oxygen atoms in total. The molecule has 0 radical (unpaired) electrons. The smallest absolute Gasteiger partial charge is 0.224 e. The fourth-order valence-corrected chi connectivity index (χ4v) is 2.28. The molecular weight excluding hydrogens is 272 g/mol. The van der Waals surface area contributed by atoms with Crippen molar-refractivity contribution in [3.63, 3.8) is 0 Å². The van der Waals surface area contributed by atoms with E-state index in [1.165, 1.54) is 0 Å². The van der Waals surface area contributed by atoms with Gasteiger partial charge in [0.2, 0.25) is 5.95 Å². The van der Waals surface area contributed by atoms with Crippen LogP contribution < -0.4 is 10.6 Å². The summed E-state index contributed by atoms with van der Waals surface area (Å²) < 4.78 is 0.826. The van der Waals surface area contributed by atoms with Gasteiger partial charge in [0.05, 0.1) is 16.6 Å². The lowest BCUT2D eigenvalue weighted by atomic mass is 10.2. The Hall–Kier alpha value is -0.880. The number of anilines is 2. The molecule has 2 rings (SSSR count). The van der Waals surface area contributed by atoms with Crippen LogP contribution >= 0.6 is 15.9 Å². The van der Waals surface area contributed by atoms with E-state index < -0.39 is 0 Å². The number of nitrogens with one attached hydrogen (secondary N) is 2. The molecule has 0 aromatic carbocycles. The highest BCUT2D eigenvalue weighted by molar-refractivity contribution is 9.10. The highest BCUT2D eigenvalue weighted by Gasteiger charge is 2.25. The van der Waals surface area contributed by atoms with E-state index >= 15 is 0 Å². The number of aliphatic hydroxyl groups excluding tert-OH is 1. The van der Waals surface area contributed by atoms with Gasteiger partial charge in [-0.3, -0.25) is 0 Å². The summed E-state index contributed by atoms with van der Waals surface area (Å²) in [4.78, 5) is 8.46. The first-order chi connectivity index (χ1) is 7.70. The van der Waals surface area contributed by atoms with Gasteiger partial charge in [0, 0.05) is 13.2 Å². The maximum absolute atomic E-state index is 9.69. The molecule has 1 aliphatic rings. The Morgan fingerprint density at radius 1 is 1.50 bits per heavy atom. The van der Waals surface area contributed by atoms with Gasteiger partial charge in [0.25, 0.3) is 0 Å². The number of hydrogen-bond donors (Lipinski definition) is 3. The van der Waals surface area contributed by atoms with Crippen LogP contribution in [0.25, 0.3) is 0 Å². The number of hydrogen-bond acceptors (Lipinski definition) is 5. The van der Waals surface area contributed by atoms with E-state index in [1.54, 1.807) is 13.2 Å². The monoisotopic (exact) mass is 286 g/mol. The van der Waals surface area contributed by atoms with E-state index in [0.29, 0.717) is 5.95 Å². The van der Waals surface area contributed by atoms with Crippen LogP contribution in [0, 0.1) is 0 Å². The van der Waals surface area contributed by atoms with Crippen molar-refractivity contribution >= 4 is 27.7 Å². The molecule has 1 aromatic heterocycles. The van der Waals surface area contributed by atoms with Crippen LogP contribution in [0.3, 0.4) is 0 Å². The molecule has 2 atom stereocenters. The second-order valence-electron chi connectivity index (χ2n) is 3.89. The van der Waals surface area contributed by atoms with Gasteiger partial charge in [-0.05, 0) is 35.2 Å². The Morgan fingerprint density at radius 2 is 2.31 bits per heavy atom. The summed E-state index contributed by atoms with van der Waals surface area (Å²) in [7, 11) is 1.81. The standard InChI is InChI=1S/C10H15BrN4O/c1-12-9-6(11)5-13-10(15-9)14-7-3-2-4-8(7)16/h5,7-8,16H,2-4H2,1H3,(H2,12,13,14,15)/t7-,8-/m0/s1. The molecule has 0 amide bonds. The van der Waals surface area contributed by atoms with Crippen LogP contribution in [-0.2, 0) is 0 Å². The van der Waals surface area contributed by atoms with Crippen LogP contribution in [0.5, 0.6) is 0 Å². The van der Waals surface area contributed by atoms with E-state index in [2.05, 4.69) is 36.5 Å². The van der Waals surface area contributed by atoms with Gasteiger partial charge < -0.3 is 15.7 Å². The molecule has 0 saturated heterocycles. The van der Waals surface area contributed by atoms with E-state index in [0.717, 1.165) is 29.6 Å². The minimum atomic E-state index is -0.287. The number of aliphatic hydroxyl groups is 1. The van der Waals surface area contributed by atoms with Gasteiger partial charge in [-0.25, -0.2) is 4.98 Å². The minimum absolute atomic E-state index is 0.0749. The SMILES string of the molecule is CNc1nc(N[C@H]2CCC[C@@H]2O)ncc1Br. The second kappa shape index (κ2) is 4.97. The topological polar surface area (TPSA) is 70.1 Å². The maximum atomic E-state index is 9.69. The molecule has 1 aromatic rings. The highest BCUT2D eigenvalue weighted by Crippen LogP contribution is 2.24. The molecule has 0 spiro atoms. The van der Waals surface area contributed by atoms with Crippen LogP contribution in [-0.4, -0.2) is 34.3 Å². The number of nitrogens with zero attached hydrogens (tertiary/aromatic N) is 2. The highest BCUT2D eigenvalue weighted by atomic mass is 79.9. The van der Waals surface area contributed by atoms with Crippen molar-refractivity contribution in [2.45, 2.75) is 31.4 Å². The van der Waals surface area contributed by atoms with Crippen LogP contribution in [0.1, 0.15) is 19.3 Å². The van der Waals surface area contributed by atoms with Crippen molar-refractivity contribution in [1.82, 2.24) is 9.97 Å². The average Bonchev–Trinajstić information content (AvgIpc) is 2.67. The molecule has 16 heavy (non-hydrogen) atoms. The first-order valence-electron chi connectivity index (χ1n) is 5.35. The molecule has 1 aliphatic carbocycles. The predicted octanol–water partition coefficient (Wildman–Crippen LogP) is 1.61. The van der Waals surface area contributed by atoms with E-state index in [-0.39, 0.29) is 12.1 Å². The van der Waals surface area contributed by atoms with E-state index in [4.69, 9.17) is 0 Å². The zero-order valence-corrected chi connectivity index (χ0v) is 10.7. The van der Waals surface area contributed by atoms with Gasteiger partial charge in [-0.1, -0.05) is 0 Å². The molecule has 0 bridgehead atoms. The third-order valence-electron chi connectivity index (χ3n) is 2.77. The van der Waals surface area contributed by atoms with Crippen LogP contribution in [0.2, 0.25) is 0 Å². The maximum Gasteiger partial charge on any atom is 0.224 e. The summed E-state index contributed by atoms with van der Waals surface area (Å²) >= 11 is 3.35. The Kier molecular flexibility index (Phi) is 3.60. The molecule has 1 fully saturated rings. The Balaban J connectivity index is 2.09. The first kappa shape index (κ1) is 11.6. The fraction of sp³-hybridized carbons (Fsp3) is 0.600. The fourth-order valence-electron chi connectivity index (χ4n) is 1.89. The lowest BCUT2D eigenvalue weighted by Gasteiger charge is -2.16. The van der Waals surface area contributed by atoms with Crippen LogP contribution in [0.15, 0.2) is 10.7 Å². The zero-order valence-electron chi connectivity index (χ0n) is 9.07. The predicted molar refractivity (Wildman–Crippen MR) is 66.5 cm³/mol. The minimum Gasteiger partial charge on any atom is -0.391 e. The summed E-state index contributed by atoms with van der Waals surface area (Å²) in [5.41, 5.74) is 0. The third kappa shape index (κ3) is 2.44. The molecule has 88 valence electrons. The number of rotatable bonds is 3. The molecular formula is C10H15BrN4O. The summed E-state index contributed by atoms with van der Waals surface area (Å²) in [5, 5.41) is 15.8. The van der Waals surface area contributed by atoms with Crippen molar-refractivity contribution in [2.75, 3.05) is 17.7 Å². The molecule has 6 heteroatoms.